The monoisotopic (exact) mass is 257 g/mol. The number of carbonyl (C=O) groups is 1. The third-order valence-electron chi connectivity index (χ3n) is 3.99. The lowest BCUT2D eigenvalue weighted by molar-refractivity contribution is -0.156. The van der Waals surface area contributed by atoms with Crippen LogP contribution in [0, 0.1) is 11.8 Å². The average molecular weight is 257 g/mol. The van der Waals surface area contributed by atoms with Gasteiger partial charge < -0.3 is 9.47 Å². The molecule has 4 nitrogen and oxygen atoms in total. The highest BCUT2D eigenvalue weighted by Crippen LogP contribution is 2.37. The smallest absolute Gasteiger partial charge is 0.326 e. The third kappa shape index (κ3) is 3.45. The van der Waals surface area contributed by atoms with Gasteiger partial charge in [0.05, 0.1) is 13.2 Å². The van der Waals surface area contributed by atoms with Gasteiger partial charge in [-0.3, -0.25) is 10.1 Å². The van der Waals surface area contributed by atoms with E-state index in [1.54, 1.807) is 7.11 Å². The Kier molecular flexibility index (Phi) is 6.09. The molecule has 0 aromatic heterocycles. The summed E-state index contributed by atoms with van der Waals surface area (Å²) in [6, 6.07) is 0. The minimum absolute atomic E-state index is 0.0971. The van der Waals surface area contributed by atoms with Crippen LogP contribution in [0.5, 0.6) is 0 Å². The minimum Gasteiger partial charge on any atom is -0.465 e. The number of hydrogen-bond donors (Lipinski definition) is 1. The predicted octanol–water partition coefficient (Wildman–Crippen LogP) is 1.98. The lowest BCUT2D eigenvalue weighted by Crippen LogP contribution is -2.60. The van der Waals surface area contributed by atoms with E-state index in [1.807, 2.05) is 6.92 Å². The van der Waals surface area contributed by atoms with Gasteiger partial charge in [0.25, 0.3) is 0 Å². The van der Waals surface area contributed by atoms with E-state index in [0.717, 1.165) is 12.8 Å². The number of esters is 1. The lowest BCUT2D eigenvalue weighted by atomic mass is 9.69. The van der Waals surface area contributed by atoms with E-state index >= 15 is 0 Å². The van der Waals surface area contributed by atoms with E-state index in [1.165, 1.54) is 6.42 Å². The molecule has 0 radical (unpaired) electrons. The number of carbonyl (C=O) groups excluding carboxylic acids is 1. The molecular weight excluding hydrogens is 230 g/mol. The van der Waals surface area contributed by atoms with E-state index in [4.69, 9.17) is 9.47 Å². The molecule has 0 aliphatic heterocycles. The zero-order valence-corrected chi connectivity index (χ0v) is 12.1. The van der Waals surface area contributed by atoms with Crippen molar-refractivity contribution in [1.82, 2.24) is 5.32 Å². The molecule has 0 bridgehead atoms. The Morgan fingerprint density at radius 1 is 1.39 bits per heavy atom. The van der Waals surface area contributed by atoms with E-state index in [2.05, 4.69) is 19.2 Å². The van der Waals surface area contributed by atoms with Gasteiger partial charge in [0, 0.05) is 13.7 Å². The standard InChI is InChI=1S/C14H27NO3/c1-5-18-13(16)14(15-8-9-17-4)10-11(2)6-7-12(14)3/h11-12,15H,5-10H2,1-4H3. The highest BCUT2D eigenvalue weighted by molar-refractivity contribution is 5.81. The summed E-state index contributed by atoms with van der Waals surface area (Å²) >= 11 is 0. The van der Waals surface area contributed by atoms with Crippen LogP contribution in [0.15, 0.2) is 0 Å². The van der Waals surface area contributed by atoms with Crippen molar-refractivity contribution in [3.8, 4) is 0 Å². The van der Waals surface area contributed by atoms with Gasteiger partial charge in [-0.2, -0.15) is 0 Å². The Morgan fingerprint density at radius 3 is 2.72 bits per heavy atom. The van der Waals surface area contributed by atoms with Crippen LogP contribution >= 0.6 is 0 Å². The van der Waals surface area contributed by atoms with E-state index < -0.39 is 5.54 Å². The van der Waals surface area contributed by atoms with Crippen molar-refractivity contribution in [2.24, 2.45) is 11.8 Å². The molecule has 1 N–H and O–H groups in total. The van der Waals surface area contributed by atoms with Crippen molar-refractivity contribution in [1.29, 1.82) is 0 Å². The van der Waals surface area contributed by atoms with Gasteiger partial charge in [0.1, 0.15) is 5.54 Å². The highest BCUT2D eigenvalue weighted by atomic mass is 16.5. The van der Waals surface area contributed by atoms with Crippen LogP contribution in [0.3, 0.4) is 0 Å². The van der Waals surface area contributed by atoms with Crippen molar-refractivity contribution in [3.63, 3.8) is 0 Å². The second kappa shape index (κ2) is 7.10. The summed E-state index contributed by atoms with van der Waals surface area (Å²) in [7, 11) is 1.67. The van der Waals surface area contributed by atoms with Gasteiger partial charge in [0.15, 0.2) is 0 Å². The molecule has 1 fully saturated rings. The summed E-state index contributed by atoms with van der Waals surface area (Å²) in [6.07, 6.45) is 3.12. The molecule has 4 heteroatoms. The normalized spacial score (nSPS) is 32.2. The first-order chi connectivity index (χ1) is 8.56. The fourth-order valence-corrected chi connectivity index (χ4v) is 2.87. The lowest BCUT2D eigenvalue weighted by Gasteiger charge is -2.43. The Hall–Kier alpha value is -0.610. The number of rotatable bonds is 6. The van der Waals surface area contributed by atoms with Crippen molar-refractivity contribution in [2.45, 2.75) is 45.6 Å². The molecular formula is C14H27NO3. The van der Waals surface area contributed by atoms with Crippen LogP contribution in [0.4, 0.5) is 0 Å². The first-order valence-corrected chi connectivity index (χ1v) is 6.98. The first kappa shape index (κ1) is 15.4. The molecule has 106 valence electrons. The molecule has 1 rings (SSSR count). The second-order valence-corrected chi connectivity index (χ2v) is 5.40. The van der Waals surface area contributed by atoms with E-state index in [-0.39, 0.29) is 5.97 Å². The fraction of sp³-hybridized carbons (Fsp3) is 0.929. The molecule has 0 amide bonds. The number of hydrogen-bond acceptors (Lipinski definition) is 4. The average Bonchev–Trinajstić information content (AvgIpc) is 2.34. The molecule has 1 aliphatic rings. The largest absolute Gasteiger partial charge is 0.465 e. The minimum atomic E-state index is -0.522. The van der Waals surface area contributed by atoms with Crippen LogP contribution in [-0.2, 0) is 14.3 Å². The van der Waals surface area contributed by atoms with Crippen molar-refractivity contribution >= 4 is 5.97 Å². The molecule has 1 saturated carbocycles. The maximum Gasteiger partial charge on any atom is 0.326 e. The highest BCUT2D eigenvalue weighted by Gasteiger charge is 2.47. The maximum absolute atomic E-state index is 12.3. The Bertz CT molecular complexity index is 270. The quantitative estimate of drug-likeness (QED) is 0.584. The summed E-state index contributed by atoms with van der Waals surface area (Å²) in [5.74, 6) is 0.769. The maximum atomic E-state index is 12.3. The molecule has 0 aromatic carbocycles. The van der Waals surface area contributed by atoms with Crippen LogP contribution in [0.25, 0.3) is 0 Å². The molecule has 18 heavy (non-hydrogen) atoms. The summed E-state index contributed by atoms with van der Waals surface area (Å²) in [6.45, 7) is 7.94. The number of ether oxygens (including phenoxy) is 2. The molecule has 1 aliphatic carbocycles. The zero-order chi connectivity index (χ0) is 13.6. The van der Waals surface area contributed by atoms with Crippen LogP contribution in [-0.4, -0.2) is 38.4 Å². The molecule has 3 atom stereocenters. The molecule has 0 heterocycles. The number of nitrogens with one attached hydrogen (secondary N) is 1. The van der Waals surface area contributed by atoms with Gasteiger partial charge in [-0.05, 0) is 31.6 Å². The van der Waals surface area contributed by atoms with Crippen LogP contribution in [0.2, 0.25) is 0 Å². The van der Waals surface area contributed by atoms with E-state index in [9.17, 15) is 4.79 Å². The van der Waals surface area contributed by atoms with Crippen molar-refractivity contribution in [2.75, 3.05) is 26.9 Å². The third-order valence-corrected chi connectivity index (χ3v) is 3.99. The molecule has 0 saturated heterocycles. The van der Waals surface area contributed by atoms with E-state index in [0.29, 0.717) is 31.6 Å². The molecule has 3 unspecified atom stereocenters. The Morgan fingerprint density at radius 2 is 2.11 bits per heavy atom. The summed E-state index contributed by atoms with van der Waals surface area (Å²) in [5.41, 5.74) is -0.522. The van der Waals surface area contributed by atoms with Gasteiger partial charge >= 0.3 is 5.97 Å². The van der Waals surface area contributed by atoms with Gasteiger partial charge in [-0.1, -0.05) is 20.3 Å². The SMILES string of the molecule is CCOC(=O)C1(NCCOC)CC(C)CCC1C. The topological polar surface area (TPSA) is 47.6 Å². The first-order valence-electron chi connectivity index (χ1n) is 6.98. The van der Waals surface area contributed by atoms with Crippen LogP contribution < -0.4 is 5.32 Å². The molecule has 0 aromatic rings. The van der Waals surface area contributed by atoms with Crippen molar-refractivity contribution < 1.29 is 14.3 Å². The Labute approximate surface area is 110 Å². The summed E-state index contributed by atoms with van der Waals surface area (Å²) < 4.78 is 10.4. The van der Waals surface area contributed by atoms with Gasteiger partial charge in [-0.15, -0.1) is 0 Å². The zero-order valence-electron chi connectivity index (χ0n) is 12.1. The van der Waals surface area contributed by atoms with Gasteiger partial charge in [-0.25, -0.2) is 0 Å². The van der Waals surface area contributed by atoms with Gasteiger partial charge in [0.2, 0.25) is 0 Å². The second-order valence-electron chi connectivity index (χ2n) is 5.40. The van der Waals surface area contributed by atoms with Crippen LogP contribution in [0.1, 0.15) is 40.0 Å². The number of methoxy groups -OCH3 is 1. The Balaban J connectivity index is 2.80. The summed E-state index contributed by atoms with van der Waals surface area (Å²) in [5, 5.41) is 3.40. The molecule has 0 spiro atoms. The van der Waals surface area contributed by atoms with Crippen molar-refractivity contribution in [3.05, 3.63) is 0 Å². The summed E-state index contributed by atoms with van der Waals surface area (Å²) in [4.78, 5) is 12.3. The predicted molar refractivity (Wildman–Crippen MR) is 71.4 cm³/mol. The fourth-order valence-electron chi connectivity index (χ4n) is 2.87.